The third-order valence-corrected chi connectivity index (χ3v) is 4.52. The van der Waals surface area contributed by atoms with E-state index in [0.29, 0.717) is 0 Å². The quantitative estimate of drug-likeness (QED) is 0.941. The molecule has 3 rings (SSSR count). The summed E-state index contributed by atoms with van der Waals surface area (Å²) in [4.78, 5) is 2.07. The Kier molecular flexibility index (Phi) is 3.08. The topological polar surface area (TPSA) is 49.4 Å². The van der Waals surface area contributed by atoms with E-state index in [-0.39, 0.29) is 12.1 Å². The Labute approximate surface area is 119 Å². The van der Waals surface area contributed by atoms with Crippen molar-refractivity contribution in [1.29, 1.82) is 0 Å². The van der Waals surface area contributed by atoms with Crippen LogP contribution < -0.4 is 4.72 Å². The maximum absolute atomic E-state index is 11.7. The average molecular weight is 290 g/mol. The summed E-state index contributed by atoms with van der Waals surface area (Å²) in [7, 11) is 0.692. The van der Waals surface area contributed by atoms with Gasteiger partial charge in [-0.05, 0) is 36.0 Å². The van der Waals surface area contributed by atoms with Crippen LogP contribution in [-0.2, 0) is 10.0 Å². The SMILES string of the molecule is CN(C)[C@@H]1c2cccc3cccc(c23)[C@H]1NS(C)(=O)=O. The van der Waals surface area contributed by atoms with Crippen molar-refractivity contribution in [2.75, 3.05) is 20.4 Å². The van der Waals surface area contributed by atoms with Crippen LogP contribution in [0.5, 0.6) is 0 Å². The lowest BCUT2D eigenvalue weighted by atomic mass is 10.0. The van der Waals surface area contributed by atoms with Crippen molar-refractivity contribution in [3.8, 4) is 0 Å². The molecule has 0 amide bonds. The van der Waals surface area contributed by atoms with Crippen LogP contribution in [0.2, 0.25) is 0 Å². The molecule has 0 fully saturated rings. The number of likely N-dealkylation sites (N-methyl/N-ethyl adjacent to an activating group) is 1. The Morgan fingerprint density at radius 1 is 1.05 bits per heavy atom. The summed E-state index contributed by atoms with van der Waals surface area (Å²) in [5.41, 5.74) is 2.24. The summed E-state index contributed by atoms with van der Waals surface area (Å²) in [6.07, 6.45) is 1.21. The van der Waals surface area contributed by atoms with Crippen molar-refractivity contribution >= 4 is 20.8 Å². The Morgan fingerprint density at radius 3 is 2.20 bits per heavy atom. The second-order valence-corrected chi connectivity index (χ2v) is 7.35. The van der Waals surface area contributed by atoms with Crippen molar-refractivity contribution in [1.82, 2.24) is 9.62 Å². The first kappa shape index (κ1) is 13.5. The highest BCUT2D eigenvalue weighted by atomic mass is 32.2. The molecule has 0 unspecified atom stereocenters. The first-order valence-electron chi connectivity index (χ1n) is 6.54. The summed E-state index contributed by atoms with van der Waals surface area (Å²) in [5, 5.41) is 2.33. The van der Waals surface area contributed by atoms with Crippen molar-refractivity contribution in [3.05, 3.63) is 47.5 Å². The van der Waals surface area contributed by atoms with Gasteiger partial charge >= 0.3 is 0 Å². The van der Waals surface area contributed by atoms with Crippen molar-refractivity contribution in [2.24, 2.45) is 0 Å². The van der Waals surface area contributed by atoms with Gasteiger partial charge in [0.1, 0.15) is 0 Å². The van der Waals surface area contributed by atoms with Crippen LogP contribution in [0, 0.1) is 0 Å². The fourth-order valence-corrected chi connectivity index (χ4v) is 3.91. The number of sulfonamides is 1. The highest BCUT2D eigenvalue weighted by Crippen LogP contribution is 2.46. The molecule has 1 aliphatic rings. The number of benzene rings is 2. The van der Waals surface area contributed by atoms with Crippen molar-refractivity contribution in [2.45, 2.75) is 12.1 Å². The molecule has 0 aromatic heterocycles. The maximum atomic E-state index is 11.7. The number of nitrogens with one attached hydrogen (secondary N) is 1. The molecule has 0 saturated carbocycles. The number of hydrogen-bond donors (Lipinski definition) is 1. The van der Waals surface area contributed by atoms with E-state index >= 15 is 0 Å². The number of rotatable bonds is 3. The Bertz CT molecular complexity index is 763. The largest absolute Gasteiger partial charge is 0.301 e. The van der Waals surface area contributed by atoms with Crippen molar-refractivity contribution < 1.29 is 8.42 Å². The lowest BCUT2D eigenvalue weighted by Gasteiger charge is -2.28. The normalized spacial score (nSPS) is 21.8. The molecule has 106 valence electrons. The predicted molar refractivity (Wildman–Crippen MR) is 81.1 cm³/mol. The first-order valence-corrected chi connectivity index (χ1v) is 8.43. The Morgan fingerprint density at radius 2 is 1.65 bits per heavy atom. The minimum Gasteiger partial charge on any atom is -0.301 e. The Balaban J connectivity index is 2.24. The smallest absolute Gasteiger partial charge is 0.209 e. The highest BCUT2D eigenvalue weighted by molar-refractivity contribution is 7.88. The van der Waals surface area contributed by atoms with Crippen LogP contribution in [0.25, 0.3) is 10.8 Å². The maximum Gasteiger partial charge on any atom is 0.209 e. The lowest BCUT2D eigenvalue weighted by molar-refractivity contribution is 0.258. The van der Waals surface area contributed by atoms with Gasteiger partial charge in [-0.25, -0.2) is 13.1 Å². The third kappa shape index (κ3) is 2.12. The molecule has 0 spiro atoms. The molecule has 2 aromatic rings. The van der Waals surface area contributed by atoms with Crippen molar-refractivity contribution in [3.63, 3.8) is 0 Å². The van der Waals surface area contributed by atoms with Crippen LogP contribution in [0.4, 0.5) is 0 Å². The summed E-state index contributed by atoms with van der Waals surface area (Å²) in [6.45, 7) is 0. The second kappa shape index (κ2) is 4.55. The molecular weight excluding hydrogens is 272 g/mol. The van der Waals surface area contributed by atoms with Crippen LogP contribution in [0.15, 0.2) is 36.4 Å². The zero-order chi connectivity index (χ0) is 14.5. The molecule has 0 bridgehead atoms. The van der Waals surface area contributed by atoms with Gasteiger partial charge in [0.05, 0.1) is 18.3 Å². The minimum atomic E-state index is -3.27. The zero-order valence-electron chi connectivity index (χ0n) is 11.8. The molecule has 0 radical (unpaired) electrons. The molecule has 0 heterocycles. The van der Waals surface area contributed by atoms with Gasteiger partial charge in [-0.3, -0.25) is 0 Å². The van der Waals surface area contributed by atoms with E-state index in [0.717, 1.165) is 10.9 Å². The summed E-state index contributed by atoms with van der Waals surface area (Å²) in [6, 6.07) is 12.0. The van der Waals surface area contributed by atoms with E-state index < -0.39 is 10.0 Å². The molecule has 0 saturated heterocycles. The van der Waals surface area contributed by atoms with Gasteiger partial charge < -0.3 is 4.90 Å². The van der Waals surface area contributed by atoms with Crippen LogP contribution in [0.3, 0.4) is 0 Å². The zero-order valence-corrected chi connectivity index (χ0v) is 12.6. The number of nitrogens with zero attached hydrogens (tertiary/aromatic N) is 1. The minimum absolute atomic E-state index is 0.0193. The average Bonchev–Trinajstić information content (AvgIpc) is 2.64. The van der Waals surface area contributed by atoms with E-state index in [1.54, 1.807) is 0 Å². The highest BCUT2D eigenvalue weighted by Gasteiger charge is 2.37. The van der Waals surface area contributed by atoms with E-state index in [4.69, 9.17) is 0 Å². The van der Waals surface area contributed by atoms with Gasteiger partial charge in [0.25, 0.3) is 0 Å². The molecule has 2 aromatic carbocycles. The second-order valence-electron chi connectivity index (χ2n) is 5.57. The summed E-state index contributed by atoms with van der Waals surface area (Å²) in [5.74, 6) is 0. The van der Waals surface area contributed by atoms with E-state index in [2.05, 4.69) is 27.8 Å². The summed E-state index contributed by atoms with van der Waals surface area (Å²) < 4.78 is 26.2. The van der Waals surface area contributed by atoms with E-state index in [1.165, 1.54) is 17.2 Å². The standard InChI is InChI=1S/C15H18N2O2S/c1-17(2)15-12-9-5-7-10-6-4-8-11(13(10)12)14(15)16-20(3,18)19/h4-9,14-16H,1-3H3/t14-,15-/m1/s1. The number of hydrogen-bond acceptors (Lipinski definition) is 3. The van der Waals surface area contributed by atoms with Gasteiger partial charge in [0.15, 0.2) is 0 Å². The van der Waals surface area contributed by atoms with Crippen LogP contribution >= 0.6 is 0 Å². The van der Waals surface area contributed by atoms with Crippen LogP contribution in [-0.4, -0.2) is 33.7 Å². The Hall–Kier alpha value is -1.43. The van der Waals surface area contributed by atoms with Gasteiger partial charge in [-0.15, -0.1) is 0 Å². The molecule has 20 heavy (non-hydrogen) atoms. The summed E-state index contributed by atoms with van der Waals surface area (Å²) >= 11 is 0. The molecule has 1 N–H and O–H groups in total. The molecule has 2 atom stereocenters. The molecule has 0 aliphatic heterocycles. The fraction of sp³-hybridized carbons (Fsp3) is 0.333. The molecular formula is C15H18N2O2S. The third-order valence-electron chi connectivity index (χ3n) is 3.84. The molecule has 5 heteroatoms. The molecule has 1 aliphatic carbocycles. The lowest BCUT2D eigenvalue weighted by Crippen LogP contribution is -2.35. The first-order chi connectivity index (χ1) is 9.38. The van der Waals surface area contributed by atoms with Gasteiger partial charge in [0.2, 0.25) is 10.0 Å². The van der Waals surface area contributed by atoms with Gasteiger partial charge in [0, 0.05) is 0 Å². The van der Waals surface area contributed by atoms with E-state index in [1.807, 2.05) is 32.3 Å². The van der Waals surface area contributed by atoms with Gasteiger partial charge in [-0.1, -0.05) is 36.4 Å². The fourth-order valence-electron chi connectivity index (χ4n) is 3.19. The van der Waals surface area contributed by atoms with E-state index in [9.17, 15) is 8.42 Å². The van der Waals surface area contributed by atoms with Gasteiger partial charge in [-0.2, -0.15) is 0 Å². The van der Waals surface area contributed by atoms with Crippen LogP contribution in [0.1, 0.15) is 23.2 Å². The monoisotopic (exact) mass is 290 g/mol. The predicted octanol–water partition coefficient (Wildman–Crippen LogP) is 2.05. The molecule has 4 nitrogen and oxygen atoms in total.